The van der Waals surface area contributed by atoms with Crippen molar-refractivity contribution < 1.29 is 14.6 Å². The number of aliphatic hydroxyl groups is 1. The Hall–Kier alpha value is -1.95. The number of benzene rings is 1. The van der Waals surface area contributed by atoms with Crippen molar-refractivity contribution >= 4 is 5.96 Å². The molecule has 1 fully saturated rings. The van der Waals surface area contributed by atoms with Crippen LogP contribution in [0.25, 0.3) is 0 Å². The lowest BCUT2D eigenvalue weighted by Gasteiger charge is -2.24. The molecule has 1 aliphatic rings. The summed E-state index contributed by atoms with van der Waals surface area (Å²) in [5.41, 5.74) is 1.05. The van der Waals surface area contributed by atoms with E-state index in [9.17, 15) is 0 Å². The Balaban J connectivity index is 2.00. The third-order valence-corrected chi connectivity index (χ3v) is 4.29. The summed E-state index contributed by atoms with van der Waals surface area (Å²) in [6.07, 6.45) is 6.37. The van der Waals surface area contributed by atoms with Crippen molar-refractivity contribution in [1.82, 2.24) is 10.6 Å². The first-order valence-electron chi connectivity index (χ1n) is 9.22. The number of nitrogens with zero attached hydrogens (tertiary/aromatic N) is 1. The lowest BCUT2D eigenvalue weighted by Crippen LogP contribution is -2.44. The molecule has 140 valence electrons. The minimum absolute atomic E-state index is 0.0198. The van der Waals surface area contributed by atoms with Crippen molar-refractivity contribution in [3.8, 4) is 11.5 Å². The van der Waals surface area contributed by atoms with E-state index in [0.29, 0.717) is 24.1 Å². The molecule has 0 amide bonds. The summed E-state index contributed by atoms with van der Waals surface area (Å²) in [7, 11) is 1.61. The zero-order valence-electron chi connectivity index (χ0n) is 15.4. The lowest BCUT2D eigenvalue weighted by atomic mass is 9.96. The summed E-state index contributed by atoms with van der Waals surface area (Å²) in [6, 6.07) is 6.29. The average Bonchev–Trinajstić information content (AvgIpc) is 2.65. The van der Waals surface area contributed by atoms with Crippen molar-refractivity contribution in [1.29, 1.82) is 0 Å². The fourth-order valence-electron chi connectivity index (χ4n) is 3.02. The van der Waals surface area contributed by atoms with E-state index in [4.69, 9.17) is 19.6 Å². The Labute approximate surface area is 150 Å². The number of aliphatic imine (C=N–C) groups is 1. The van der Waals surface area contributed by atoms with Crippen molar-refractivity contribution in [3.05, 3.63) is 23.8 Å². The van der Waals surface area contributed by atoms with Crippen molar-refractivity contribution in [2.75, 3.05) is 26.9 Å². The van der Waals surface area contributed by atoms with Crippen LogP contribution in [0.3, 0.4) is 0 Å². The topological polar surface area (TPSA) is 75.1 Å². The minimum atomic E-state index is -0.0198. The van der Waals surface area contributed by atoms with E-state index < -0.39 is 0 Å². The summed E-state index contributed by atoms with van der Waals surface area (Å²) in [4.78, 5) is 4.70. The average molecular weight is 349 g/mol. The van der Waals surface area contributed by atoms with Crippen LogP contribution < -0.4 is 20.1 Å². The fourth-order valence-corrected chi connectivity index (χ4v) is 3.02. The molecule has 0 aromatic heterocycles. The van der Waals surface area contributed by atoms with Gasteiger partial charge in [-0.3, -0.25) is 0 Å². The quantitative estimate of drug-likeness (QED) is 0.496. The van der Waals surface area contributed by atoms with Gasteiger partial charge in [-0.15, -0.1) is 0 Å². The van der Waals surface area contributed by atoms with Gasteiger partial charge in [-0.05, 0) is 37.5 Å². The van der Waals surface area contributed by atoms with E-state index in [-0.39, 0.29) is 13.2 Å². The molecule has 0 unspecified atom stereocenters. The Kier molecular flexibility index (Phi) is 8.39. The number of hydrogen-bond donors (Lipinski definition) is 3. The third-order valence-electron chi connectivity index (χ3n) is 4.29. The molecule has 0 atom stereocenters. The Morgan fingerprint density at radius 1 is 1.24 bits per heavy atom. The maximum Gasteiger partial charge on any atom is 0.191 e. The van der Waals surface area contributed by atoms with Gasteiger partial charge >= 0.3 is 0 Å². The van der Waals surface area contributed by atoms with Crippen molar-refractivity contribution in [2.24, 2.45) is 4.99 Å². The molecule has 1 aromatic carbocycles. The molecule has 3 N–H and O–H groups in total. The summed E-state index contributed by atoms with van der Waals surface area (Å²) < 4.78 is 10.8. The van der Waals surface area contributed by atoms with E-state index in [1.54, 1.807) is 7.11 Å². The Bertz CT molecular complexity index is 543. The first-order valence-corrected chi connectivity index (χ1v) is 9.22. The summed E-state index contributed by atoms with van der Waals surface area (Å²) >= 11 is 0. The van der Waals surface area contributed by atoms with Gasteiger partial charge in [0.25, 0.3) is 0 Å². The molecule has 0 radical (unpaired) electrons. The van der Waals surface area contributed by atoms with Crippen LogP contribution in [0.2, 0.25) is 0 Å². The fraction of sp³-hybridized carbons (Fsp3) is 0.632. The highest BCUT2D eigenvalue weighted by Gasteiger charge is 2.14. The van der Waals surface area contributed by atoms with Gasteiger partial charge in [-0.2, -0.15) is 0 Å². The standard InChI is InChI=1S/C19H31N3O3/c1-3-20-19(22-16-7-5-4-6-8-16)21-14-15-9-10-17(25-12-11-23)18(13-15)24-2/h9-10,13,16,23H,3-8,11-12,14H2,1-2H3,(H2,20,21,22). The lowest BCUT2D eigenvalue weighted by molar-refractivity contribution is 0.196. The van der Waals surface area contributed by atoms with E-state index >= 15 is 0 Å². The number of guanidine groups is 1. The van der Waals surface area contributed by atoms with Crippen LogP contribution in [0.5, 0.6) is 11.5 Å². The largest absolute Gasteiger partial charge is 0.493 e. The van der Waals surface area contributed by atoms with Crippen LogP contribution in [0.1, 0.15) is 44.6 Å². The number of ether oxygens (including phenoxy) is 2. The molecule has 0 spiro atoms. The van der Waals surface area contributed by atoms with Crippen molar-refractivity contribution in [3.63, 3.8) is 0 Å². The highest BCUT2D eigenvalue weighted by molar-refractivity contribution is 5.80. The molecule has 0 aliphatic heterocycles. The second-order valence-electron chi connectivity index (χ2n) is 6.23. The molecule has 2 rings (SSSR count). The monoisotopic (exact) mass is 349 g/mol. The molecule has 1 aliphatic carbocycles. The summed E-state index contributed by atoms with van der Waals surface area (Å²) in [5.74, 6) is 2.16. The van der Waals surface area contributed by atoms with Gasteiger partial charge in [0.1, 0.15) is 6.61 Å². The van der Waals surface area contributed by atoms with E-state index in [1.807, 2.05) is 18.2 Å². The van der Waals surface area contributed by atoms with Gasteiger partial charge in [-0.25, -0.2) is 4.99 Å². The highest BCUT2D eigenvalue weighted by Crippen LogP contribution is 2.28. The molecule has 0 heterocycles. The highest BCUT2D eigenvalue weighted by atomic mass is 16.5. The number of methoxy groups -OCH3 is 1. The minimum Gasteiger partial charge on any atom is -0.493 e. The Morgan fingerprint density at radius 2 is 2.04 bits per heavy atom. The first kappa shape index (κ1) is 19.4. The van der Waals surface area contributed by atoms with E-state index in [1.165, 1.54) is 32.1 Å². The van der Waals surface area contributed by atoms with Crippen LogP contribution in [-0.4, -0.2) is 44.0 Å². The van der Waals surface area contributed by atoms with Crippen LogP contribution in [0.15, 0.2) is 23.2 Å². The number of nitrogens with one attached hydrogen (secondary N) is 2. The van der Waals surface area contributed by atoms with Gasteiger partial charge in [0.15, 0.2) is 17.5 Å². The molecule has 0 bridgehead atoms. The van der Waals surface area contributed by atoms with E-state index in [0.717, 1.165) is 18.1 Å². The predicted octanol–water partition coefficient (Wildman–Crippen LogP) is 2.45. The number of rotatable bonds is 8. The second kappa shape index (κ2) is 10.8. The van der Waals surface area contributed by atoms with Crippen LogP contribution >= 0.6 is 0 Å². The molecule has 25 heavy (non-hydrogen) atoms. The van der Waals surface area contributed by atoms with Gasteiger partial charge in [0.2, 0.25) is 0 Å². The summed E-state index contributed by atoms with van der Waals surface area (Å²) in [6.45, 7) is 3.72. The van der Waals surface area contributed by atoms with Crippen LogP contribution in [-0.2, 0) is 6.54 Å². The second-order valence-corrected chi connectivity index (χ2v) is 6.23. The summed E-state index contributed by atoms with van der Waals surface area (Å²) in [5, 5.41) is 15.8. The normalized spacial score (nSPS) is 15.7. The smallest absolute Gasteiger partial charge is 0.191 e. The van der Waals surface area contributed by atoms with Gasteiger partial charge in [0.05, 0.1) is 20.3 Å². The molecule has 6 nitrogen and oxygen atoms in total. The molecule has 6 heteroatoms. The molecule has 0 saturated heterocycles. The maximum atomic E-state index is 8.88. The Morgan fingerprint density at radius 3 is 2.72 bits per heavy atom. The zero-order valence-corrected chi connectivity index (χ0v) is 15.4. The first-order chi connectivity index (χ1) is 12.3. The molecular weight excluding hydrogens is 318 g/mol. The number of hydrogen-bond acceptors (Lipinski definition) is 4. The maximum absolute atomic E-state index is 8.88. The molecule has 1 aromatic rings. The zero-order chi connectivity index (χ0) is 17.9. The SMILES string of the molecule is CCNC(=NCc1ccc(OCCO)c(OC)c1)NC1CCCCC1. The van der Waals surface area contributed by atoms with Crippen molar-refractivity contribution in [2.45, 2.75) is 51.6 Å². The predicted molar refractivity (Wildman–Crippen MR) is 100 cm³/mol. The van der Waals surface area contributed by atoms with Gasteiger partial charge in [-0.1, -0.05) is 25.3 Å². The number of aliphatic hydroxyl groups excluding tert-OH is 1. The van der Waals surface area contributed by atoms with E-state index in [2.05, 4.69) is 17.6 Å². The van der Waals surface area contributed by atoms with Crippen LogP contribution in [0, 0.1) is 0 Å². The van der Waals surface area contributed by atoms with Crippen LogP contribution in [0.4, 0.5) is 0 Å². The molecular formula is C19H31N3O3. The van der Waals surface area contributed by atoms with Gasteiger partial charge in [0, 0.05) is 12.6 Å². The molecule has 1 saturated carbocycles. The third kappa shape index (κ3) is 6.46. The van der Waals surface area contributed by atoms with Gasteiger partial charge < -0.3 is 25.2 Å².